The molecule has 1 aromatic rings. The van der Waals surface area contributed by atoms with Crippen LogP contribution in [0, 0.1) is 0 Å². The second kappa shape index (κ2) is 5.94. The van der Waals surface area contributed by atoms with Crippen molar-refractivity contribution in [2.45, 2.75) is 38.7 Å². The molecule has 0 aromatic carbocycles. The zero-order chi connectivity index (χ0) is 19.3. The number of anilines is 1. The number of piperazine rings is 1. The van der Waals surface area contributed by atoms with E-state index in [-0.39, 0.29) is 19.1 Å². The predicted molar refractivity (Wildman–Crippen MR) is 83.4 cm³/mol. The van der Waals surface area contributed by atoms with Crippen molar-refractivity contribution in [3.8, 4) is 0 Å². The van der Waals surface area contributed by atoms with Crippen molar-refractivity contribution < 1.29 is 17.3 Å². The molecule has 2 aliphatic rings. The Balaban J connectivity index is 2.01. The Morgan fingerprint density at radius 3 is 2.74 bits per heavy atom. The summed E-state index contributed by atoms with van der Waals surface area (Å²) >= 11 is 0. The van der Waals surface area contributed by atoms with Crippen molar-refractivity contribution in [2.75, 3.05) is 38.1 Å². The number of nitrogens with zero attached hydrogens (tertiary/aromatic N) is 4. The number of alkyl halides is 3. The molecule has 4 nitrogen and oxygen atoms in total. The number of pyridine rings is 1. The number of likely N-dealkylation sites (N-methyl/N-ethyl adjacent to an activating group) is 1. The van der Waals surface area contributed by atoms with E-state index in [1.165, 1.54) is 4.90 Å². The van der Waals surface area contributed by atoms with E-state index in [9.17, 15) is 13.2 Å². The number of halogens is 3. The quantitative estimate of drug-likeness (QED) is 0.788. The molecule has 0 bridgehead atoms. The highest BCUT2D eigenvalue weighted by Crippen LogP contribution is 2.34. The standard InChI is InChI=1S/C16H23F3N4/c1-11(2)22-4-5-23-14(10-22)9-21(3)8-12-6-13(16(17,18)19)7-20-15(12)23/h6-7,11,14H,4-5,8-10H2,1-3H3/t14-/m0/s1/i3D3. The lowest BCUT2D eigenvalue weighted by atomic mass is 10.1. The van der Waals surface area contributed by atoms with Crippen LogP contribution in [0.25, 0.3) is 0 Å². The smallest absolute Gasteiger partial charge is 0.350 e. The van der Waals surface area contributed by atoms with E-state index in [2.05, 4.69) is 23.7 Å². The first-order valence-corrected chi connectivity index (χ1v) is 7.78. The SMILES string of the molecule is [2H]C([2H])([2H])N1Cc2cc(C(F)(F)F)cnc2N2CCN(C(C)C)C[C@@H]2C1. The lowest BCUT2D eigenvalue weighted by Crippen LogP contribution is -2.57. The fourth-order valence-electron chi connectivity index (χ4n) is 3.34. The monoisotopic (exact) mass is 331 g/mol. The first-order valence-electron chi connectivity index (χ1n) is 9.28. The molecule has 0 spiro atoms. The summed E-state index contributed by atoms with van der Waals surface area (Å²) in [6.07, 6.45) is -3.66. The first kappa shape index (κ1) is 13.0. The molecule has 2 aliphatic heterocycles. The van der Waals surface area contributed by atoms with Gasteiger partial charge in [0.2, 0.25) is 0 Å². The summed E-state index contributed by atoms with van der Waals surface area (Å²) in [6.45, 7) is 4.02. The van der Waals surface area contributed by atoms with Gasteiger partial charge in [-0.2, -0.15) is 13.2 Å². The predicted octanol–water partition coefficient (Wildman–Crippen LogP) is 2.44. The van der Waals surface area contributed by atoms with Crippen LogP contribution in [-0.4, -0.2) is 60.0 Å². The van der Waals surface area contributed by atoms with E-state index in [0.717, 1.165) is 18.8 Å². The lowest BCUT2D eigenvalue weighted by molar-refractivity contribution is -0.137. The van der Waals surface area contributed by atoms with Gasteiger partial charge in [-0.05, 0) is 26.9 Å². The zero-order valence-electron chi connectivity index (χ0n) is 16.3. The summed E-state index contributed by atoms with van der Waals surface area (Å²) in [5.41, 5.74) is -0.530. The van der Waals surface area contributed by atoms with Gasteiger partial charge in [0.05, 0.1) is 11.6 Å². The number of aromatic nitrogens is 1. The van der Waals surface area contributed by atoms with Gasteiger partial charge < -0.3 is 4.90 Å². The van der Waals surface area contributed by atoms with Crippen molar-refractivity contribution in [3.63, 3.8) is 0 Å². The summed E-state index contributed by atoms with van der Waals surface area (Å²) in [6, 6.07) is 1.23. The third-order valence-electron chi connectivity index (χ3n) is 4.58. The van der Waals surface area contributed by atoms with Gasteiger partial charge in [-0.1, -0.05) is 0 Å². The van der Waals surface area contributed by atoms with Gasteiger partial charge in [0.15, 0.2) is 0 Å². The average molecular weight is 331 g/mol. The summed E-state index contributed by atoms with van der Waals surface area (Å²) < 4.78 is 62.5. The third-order valence-corrected chi connectivity index (χ3v) is 4.58. The maximum absolute atomic E-state index is 13.1. The molecule has 1 aromatic heterocycles. The maximum atomic E-state index is 13.1. The van der Waals surface area contributed by atoms with Crippen LogP contribution in [0.1, 0.15) is 29.1 Å². The molecule has 0 unspecified atom stereocenters. The van der Waals surface area contributed by atoms with Crippen molar-refractivity contribution in [1.82, 2.24) is 14.8 Å². The normalized spacial score (nSPS) is 26.1. The van der Waals surface area contributed by atoms with E-state index in [1.54, 1.807) is 0 Å². The zero-order valence-corrected chi connectivity index (χ0v) is 13.3. The summed E-state index contributed by atoms with van der Waals surface area (Å²) in [5, 5.41) is 0. The lowest BCUT2D eigenvalue weighted by Gasteiger charge is -2.43. The van der Waals surface area contributed by atoms with Crippen LogP contribution >= 0.6 is 0 Å². The summed E-state index contributed by atoms with van der Waals surface area (Å²) in [4.78, 5) is 9.60. The van der Waals surface area contributed by atoms with Gasteiger partial charge in [-0.25, -0.2) is 4.98 Å². The van der Waals surface area contributed by atoms with Crippen LogP contribution < -0.4 is 4.90 Å². The molecule has 1 saturated heterocycles. The molecule has 0 saturated carbocycles. The number of hydrogen-bond acceptors (Lipinski definition) is 4. The van der Waals surface area contributed by atoms with Crippen molar-refractivity contribution in [1.29, 1.82) is 0 Å². The molecule has 3 rings (SSSR count). The largest absolute Gasteiger partial charge is 0.417 e. The highest BCUT2D eigenvalue weighted by atomic mass is 19.4. The van der Waals surface area contributed by atoms with Gasteiger partial charge in [-0.3, -0.25) is 9.80 Å². The van der Waals surface area contributed by atoms with Gasteiger partial charge in [0.1, 0.15) is 5.82 Å². The maximum Gasteiger partial charge on any atom is 0.417 e. The van der Waals surface area contributed by atoms with Crippen LogP contribution in [0.2, 0.25) is 0 Å². The third kappa shape index (κ3) is 3.30. The minimum Gasteiger partial charge on any atom is -0.350 e. The highest BCUT2D eigenvalue weighted by molar-refractivity contribution is 5.51. The fourth-order valence-corrected chi connectivity index (χ4v) is 3.34. The summed E-state index contributed by atoms with van der Waals surface area (Å²) in [5.74, 6) is 0.471. The molecule has 0 amide bonds. The minimum absolute atomic E-state index is 0.0720. The van der Waals surface area contributed by atoms with E-state index >= 15 is 0 Å². The molecule has 0 aliphatic carbocycles. The van der Waals surface area contributed by atoms with Gasteiger partial charge in [0.25, 0.3) is 0 Å². The Bertz CT molecular complexity index is 663. The first-order chi connectivity index (χ1) is 12.0. The molecule has 3 heterocycles. The van der Waals surface area contributed by atoms with Gasteiger partial charge in [0, 0.05) is 54.6 Å². The van der Waals surface area contributed by atoms with Crippen molar-refractivity contribution >= 4 is 5.82 Å². The van der Waals surface area contributed by atoms with E-state index in [1.807, 2.05) is 4.90 Å². The molecular formula is C16H23F3N4. The Morgan fingerprint density at radius 2 is 2.09 bits per heavy atom. The Morgan fingerprint density at radius 1 is 1.30 bits per heavy atom. The topological polar surface area (TPSA) is 22.6 Å². The number of fused-ring (bicyclic) bond motifs is 3. The molecule has 0 radical (unpaired) electrons. The van der Waals surface area contributed by atoms with Crippen LogP contribution in [-0.2, 0) is 12.7 Å². The molecule has 128 valence electrons. The van der Waals surface area contributed by atoms with Crippen molar-refractivity contribution in [2.24, 2.45) is 0 Å². The van der Waals surface area contributed by atoms with E-state index in [4.69, 9.17) is 4.11 Å². The molecular weight excluding hydrogens is 305 g/mol. The molecule has 23 heavy (non-hydrogen) atoms. The fraction of sp³-hybridized carbons (Fsp3) is 0.688. The summed E-state index contributed by atoms with van der Waals surface area (Å²) in [7, 11) is 0. The number of hydrogen-bond donors (Lipinski definition) is 0. The van der Waals surface area contributed by atoms with E-state index in [0.29, 0.717) is 30.5 Å². The molecule has 1 atom stereocenters. The molecule has 7 heteroatoms. The van der Waals surface area contributed by atoms with Gasteiger partial charge in [-0.15, -0.1) is 0 Å². The Labute approximate surface area is 139 Å². The van der Waals surface area contributed by atoms with Crippen LogP contribution in [0.4, 0.5) is 19.0 Å². The van der Waals surface area contributed by atoms with Crippen LogP contribution in [0.15, 0.2) is 12.3 Å². The molecule has 1 fully saturated rings. The van der Waals surface area contributed by atoms with E-state index < -0.39 is 18.7 Å². The minimum atomic E-state index is -4.51. The van der Waals surface area contributed by atoms with Crippen LogP contribution in [0.3, 0.4) is 0 Å². The van der Waals surface area contributed by atoms with Crippen LogP contribution in [0.5, 0.6) is 0 Å². The highest BCUT2D eigenvalue weighted by Gasteiger charge is 2.36. The second-order valence-corrected chi connectivity index (χ2v) is 6.52. The van der Waals surface area contributed by atoms with Gasteiger partial charge >= 0.3 is 6.18 Å². The Hall–Kier alpha value is -1.34. The number of rotatable bonds is 1. The molecule has 0 N–H and O–H groups in total. The Kier molecular flexibility index (Phi) is 3.36. The average Bonchev–Trinajstić information content (AvgIpc) is 2.69. The second-order valence-electron chi connectivity index (χ2n) is 6.52. The van der Waals surface area contributed by atoms with Crippen molar-refractivity contribution in [3.05, 3.63) is 23.4 Å².